The lowest BCUT2D eigenvalue weighted by Gasteiger charge is -2.35. The highest BCUT2D eigenvalue weighted by Gasteiger charge is 2.51. The predicted octanol–water partition coefficient (Wildman–Crippen LogP) is 2.98. The number of amides is 1. The molecule has 1 unspecified atom stereocenters. The molecule has 0 saturated carbocycles. The zero-order valence-corrected chi connectivity index (χ0v) is 22.6. The Balaban J connectivity index is 2.01. The number of carboxylic acids is 1. The van der Waals surface area contributed by atoms with Gasteiger partial charge in [0.05, 0.1) is 18.8 Å². The van der Waals surface area contributed by atoms with Crippen LogP contribution in [-0.4, -0.2) is 78.1 Å². The van der Waals surface area contributed by atoms with Crippen molar-refractivity contribution in [2.75, 3.05) is 29.4 Å². The number of anilines is 2. The quantitative estimate of drug-likeness (QED) is 0.352. The lowest BCUT2D eigenvalue weighted by atomic mass is 10.1. The highest BCUT2D eigenvalue weighted by molar-refractivity contribution is 7.93. The standard InChI is InChI=1S/C23H29F3N4O9S/c1-4-29-13-18(20(28-29)37-10-9-31)40(35,36)30-12-15(6-8-19(32)33)38-17-7-5-14(11-16(17)30)27-21(34)39-22(2,3)23(24,25)26/h5,7,11,13,15,31H,4,6,8-10,12H2,1-3H3,(H,27,34)(H,32,33). The van der Waals surface area contributed by atoms with Crippen molar-refractivity contribution in [2.24, 2.45) is 0 Å². The number of aliphatic hydroxyl groups is 1. The molecular weight excluding hydrogens is 565 g/mol. The van der Waals surface area contributed by atoms with Crippen LogP contribution in [0.2, 0.25) is 0 Å². The van der Waals surface area contributed by atoms with Gasteiger partial charge in [-0.25, -0.2) is 13.2 Å². The number of halogens is 3. The van der Waals surface area contributed by atoms with Gasteiger partial charge in [0.1, 0.15) is 18.5 Å². The maximum Gasteiger partial charge on any atom is 0.427 e. The molecule has 40 heavy (non-hydrogen) atoms. The van der Waals surface area contributed by atoms with Gasteiger partial charge in [0.2, 0.25) is 5.60 Å². The molecule has 1 aliphatic heterocycles. The third-order valence-electron chi connectivity index (χ3n) is 5.77. The Morgan fingerprint density at radius 1 is 1.27 bits per heavy atom. The first kappa shape index (κ1) is 30.8. The predicted molar refractivity (Wildman–Crippen MR) is 133 cm³/mol. The molecule has 1 aliphatic rings. The molecule has 2 aromatic rings. The van der Waals surface area contributed by atoms with Crippen LogP contribution < -0.4 is 19.1 Å². The van der Waals surface area contributed by atoms with Gasteiger partial charge < -0.3 is 24.4 Å². The first-order valence-corrected chi connectivity index (χ1v) is 13.5. The van der Waals surface area contributed by atoms with Crippen molar-refractivity contribution in [2.45, 2.75) is 62.9 Å². The Hall–Kier alpha value is -3.73. The number of alkyl halides is 3. The number of carbonyl (C=O) groups excluding carboxylic acids is 1. The minimum atomic E-state index is -4.84. The van der Waals surface area contributed by atoms with E-state index in [9.17, 15) is 31.2 Å². The van der Waals surface area contributed by atoms with Gasteiger partial charge in [-0.3, -0.25) is 19.1 Å². The van der Waals surface area contributed by atoms with E-state index in [2.05, 4.69) is 15.2 Å². The average Bonchev–Trinajstić information content (AvgIpc) is 3.29. The molecule has 0 aliphatic carbocycles. The summed E-state index contributed by atoms with van der Waals surface area (Å²) in [5.41, 5.74) is -2.99. The third-order valence-corrected chi connectivity index (χ3v) is 7.53. The molecule has 3 rings (SSSR count). The van der Waals surface area contributed by atoms with Crippen LogP contribution in [0.3, 0.4) is 0 Å². The van der Waals surface area contributed by atoms with E-state index in [1.165, 1.54) is 29.1 Å². The van der Waals surface area contributed by atoms with Gasteiger partial charge in [-0.05, 0) is 45.4 Å². The SMILES string of the molecule is CCn1cc(S(=O)(=O)N2CC(CCC(=O)O)Oc3ccc(NC(=O)OC(C)(C)C(F)(F)F)cc32)c(OCCO)n1. The van der Waals surface area contributed by atoms with Crippen LogP contribution in [0, 0.1) is 0 Å². The monoisotopic (exact) mass is 594 g/mol. The number of fused-ring (bicyclic) bond motifs is 1. The molecule has 0 saturated heterocycles. The highest BCUT2D eigenvalue weighted by Crippen LogP contribution is 2.41. The summed E-state index contributed by atoms with van der Waals surface area (Å²) in [5.74, 6) is -1.38. The molecule has 13 nitrogen and oxygen atoms in total. The van der Waals surface area contributed by atoms with E-state index in [0.717, 1.165) is 4.31 Å². The second-order valence-electron chi connectivity index (χ2n) is 9.14. The summed E-state index contributed by atoms with van der Waals surface area (Å²) in [5, 5.41) is 24.4. The first-order chi connectivity index (χ1) is 18.6. The van der Waals surface area contributed by atoms with Crippen molar-refractivity contribution < 1.29 is 55.6 Å². The van der Waals surface area contributed by atoms with Crippen LogP contribution in [0.4, 0.5) is 29.3 Å². The topological polar surface area (TPSA) is 170 Å². The largest absolute Gasteiger partial charge is 0.486 e. The number of hydrogen-bond donors (Lipinski definition) is 3. The number of rotatable bonds is 11. The zero-order chi connectivity index (χ0) is 29.9. The molecular formula is C23H29F3N4O9S. The number of aromatic nitrogens is 2. The number of sulfonamides is 1. The third kappa shape index (κ3) is 6.88. The molecule has 0 spiro atoms. The fraction of sp³-hybridized carbons (Fsp3) is 0.522. The molecule has 2 heterocycles. The Labute approximate surface area is 227 Å². The summed E-state index contributed by atoms with van der Waals surface area (Å²) in [6.45, 7) is 2.35. The molecule has 1 atom stereocenters. The number of aryl methyl sites for hydroxylation is 1. The van der Waals surface area contributed by atoms with E-state index >= 15 is 0 Å². The molecule has 0 radical (unpaired) electrons. The molecule has 1 amide bonds. The summed E-state index contributed by atoms with van der Waals surface area (Å²) in [6, 6.07) is 3.71. The van der Waals surface area contributed by atoms with Gasteiger partial charge in [0.15, 0.2) is 4.90 Å². The summed E-state index contributed by atoms with van der Waals surface area (Å²) in [7, 11) is -4.47. The number of hydrogen-bond acceptors (Lipinski definition) is 9. The van der Waals surface area contributed by atoms with E-state index in [4.69, 9.17) is 19.7 Å². The molecule has 17 heteroatoms. The van der Waals surface area contributed by atoms with Crippen molar-refractivity contribution in [3.05, 3.63) is 24.4 Å². The van der Waals surface area contributed by atoms with E-state index < -0.39 is 46.6 Å². The van der Waals surface area contributed by atoms with Gasteiger partial charge >= 0.3 is 18.2 Å². The van der Waals surface area contributed by atoms with Crippen LogP contribution in [0.5, 0.6) is 11.6 Å². The summed E-state index contributed by atoms with van der Waals surface area (Å²) < 4.78 is 85.0. The lowest BCUT2D eigenvalue weighted by molar-refractivity contribution is -0.242. The Kier molecular flexibility index (Phi) is 9.08. The Bertz CT molecular complexity index is 1350. The van der Waals surface area contributed by atoms with Crippen LogP contribution in [0.25, 0.3) is 0 Å². The minimum absolute atomic E-state index is 0.0143. The molecule has 0 fully saturated rings. The second kappa shape index (κ2) is 11.8. The molecule has 1 aromatic heterocycles. The number of carbonyl (C=O) groups is 2. The second-order valence-corrected chi connectivity index (χ2v) is 11.0. The minimum Gasteiger partial charge on any atom is -0.486 e. The van der Waals surface area contributed by atoms with Crippen molar-refractivity contribution in [3.63, 3.8) is 0 Å². The molecule has 0 bridgehead atoms. The van der Waals surface area contributed by atoms with Crippen LogP contribution in [0.15, 0.2) is 29.3 Å². The fourth-order valence-corrected chi connectivity index (χ4v) is 5.15. The van der Waals surface area contributed by atoms with Gasteiger partial charge in [-0.15, -0.1) is 5.10 Å². The van der Waals surface area contributed by atoms with E-state index in [1.54, 1.807) is 6.92 Å². The normalized spacial score (nSPS) is 15.7. The number of aliphatic carboxylic acids is 1. The van der Waals surface area contributed by atoms with E-state index in [0.29, 0.717) is 13.8 Å². The first-order valence-electron chi connectivity index (χ1n) is 12.0. The number of benzene rings is 1. The summed E-state index contributed by atoms with van der Waals surface area (Å²) in [6.07, 6.45) is -6.28. The maximum absolute atomic E-state index is 13.9. The molecule has 1 aromatic carbocycles. The zero-order valence-electron chi connectivity index (χ0n) is 21.8. The van der Waals surface area contributed by atoms with Crippen LogP contribution in [0.1, 0.15) is 33.6 Å². The fourth-order valence-electron chi connectivity index (χ4n) is 3.57. The molecule has 3 N–H and O–H groups in total. The maximum atomic E-state index is 13.9. The number of carboxylic acid groups (broad SMARTS) is 1. The van der Waals surface area contributed by atoms with Crippen molar-refractivity contribution in [1.29, 1.82) is 0 Å². The Morgan fingerprint density at radius 2 is 1.98 bits per heavy atom. The number of nitrogens with zero attached hydrogens (tertiary/aromatic N) is 3. The Morgan fingerprint density at radius 3 is 2.58 bits per heavy atom. The average molecular weight is 595 g/mol. The smallest absolute Gasteiger partial charge is 0.427 e. The number of nitrogens with one attached hydrogen (secondary N) is 1. The van der Waals surface area contributed by atoms with Gasteiger partial charge in [0, 0.05) is 24.8 Å². The number of ether oxygens (including phenoxy) is 3. The van der Waals surface area contributed by atoms with Crippen LogP contribution >= 0.6 is 0 Å². The molecule has 222 valence electrons. The lowest BCUT2D eigenvalue weighted by Crippen LogP contribution is -2.44. The van der Waals surface area contributed by atoms with Crippen molar-refractivity contribution in [1.82, 2.24) is 9.78 Å². The van der Waals surface area contributed by atoms with Crippen molar-refractivity contribution >= 4 is 33.5 Å². The van der Waals surface area contributed by atoms with Crippen LogP contribution in [-0.2, 0) is 26.1 Å². The van der Waals surface area contributed by atoms with Gasteiger partial charge in [-0.2, -0.15) is 13.2 Å². The van der Waals surface area contributed by atoms with Gasteiger partial charge in [0.25, 0.3) is 15.9 Å². The summed E-state index contributed by atoms with van der Waals surface area (Å²) >= 11 is 0. The highest BCUT2D eigenvalue weighted by atomic mass is 32.2. The van der Waals surface area contributed by atoms with Crippen molar-refractivity contribution in [3.8, 4) is 11.6 Å². The van der Waals surface area contributed by atoms with Gasteiger partial charge in [-0.1, -0.05) is 0 Å². The van der Waals surface area contributed by atoms with E-state index in [1.807, 2.05) is 0 Å². The number of aliphatic hydroxyl groups excluding tert-OH is 1. The van der Waals surface area contributed by atoms with E-state index in [-0.39, 0.29) is 60.4 Å². The summed E-state index contributed by atoms with van der Waals surface area (Å²) in [4.78, 5) is 23.0.